The number of oxazole rings is 1. The normalized spacial score (nSPS) is 16.9. The number of pyridine rings is 1. The third-order valence-electron chi connectivity index (χ3n) is 5.55. The Balaban J connectivity index is 1.42. The minimum Gasteiger partial charge on any atom is -0.493 e. The Labute approximate surface area is 183 Å². The quantitative estimate of drug-likeness (QED) is 0.537. The standard InChI is InChI=1S/C24H29N3O4/c1-17-21(26-24(31-17)20-10-6-11-22(28-2)23(20)29-3)15-27-13-7-9-19(14-27)30-16-18-8-4-5-12-25-18/h4-6,8,10-12,19H,7,9,13-16H2,1-3H3. The molecule has 3 aromatic rings. The number of nitrogens with zero attached hydrogens (tertiary/aromatic N) is 3. The van der Waals surface area contributed by atoms with Gasteiger partial charge in [0.15, 0.2) is 11.5 Å². The van der Waals surface area contributed by atoms with E-state index in [2.05, 4.69) is 9.88 Å². The van der Waals surface area contributed by atoms with Gasteiger partial charge in [0.2, 0.25) is 5.89 Å². The molecule has 2 aromatic heterocycles. The lowest BCUT2D eigenvalue weighted by Crippen LogP contribution is -2.39. The molecule has 0 radical (unpaired) electrons. The van der Waals surface area contributed by atoms with Gasteiger partial charge in [0.05, 0.1) is 43.9 Å². The molecule has 1 aromatic carbocycles. The molecule has 1 fully saturated rings. The molecule has 3 heterocycles. The maximum atomic E-state index is 6.12. The first-order valence-electron chi connectivity index (χ1n) is 10.6. The molecule has 0 amide bonds. The van der Waals surface area contributed by atoms with Crippen molar-refractivity contribution in [2.24, 2.45) is 0 Å². The second-order valence-electron chi connectivity index (χ2n) is 7.69. The highest BCUT2D eigenvalue weighted by Gasteiger charge is 2.24. The Hall–Kier alpha value is -2.90. The van der Waals surface area contributed by atoms with E-state index in [1.807, 2.05) is 43.3 Å². The molecule has 1 atom stereocenters. The van der Waals surface area contributed by atoms with Crippen LogP contribution < -0.4 is 9.47 Å². The Morgan fingerprint density at radius 2 is 2.03 bits per heavy atom. The zero-order chi connectivity index (χ0) is 21.6. The number of hydrogen-bond donors (Lipinski definition) is 0. The lowest BCUT2D eigenvalue weighted by Gasteiger charge is -2.32. The van der Waals surface area contributed by atoms with Crippen molar-refractivity contribution < 1.29 is 18.6 Å². The Morgan fingerprint density at radius 3 is 2.81 bits per heavy atom. The van der Waals surface area contributed by atoms with E-state index in [0.29, 0.717) is 24.0 Å². The summed E-state index contributed by atoms with van der Waals surface area (Å²) in [5.74, 6) is 2.64. The summed E-state index contributed by atoms with van der Waals surface area (Å²) >= 11 is 0. The van der Waals surface area contributed by atoms with E-state index in [-0.39, 0.29) is 6.10 Å². The van der Waals surface area contributed by atoms with Gasteiger partial charge >= 0.3 is 0 Å². The fourth-order valence-corrected chi connectivity index (χ4v) is 3.94. The molecular weight excluding hydrogens is 394 g/mol. The van der Waals surface area contributed by atoms with Crippen LogP contribution in [0, 0.1) is 6.92 Å². The molecule has 164 valence electrons. The fraction of sp³-hybridized carbons (Fsp3) is 0.417. The molecule has 31 heavy (non-hydrogen) atoms. The number of likely N-dealkylation sites (tertiary alicyclic amines) is 1. The highest BCUT2D eigenvalue weighted by molar-refractivity contribution is 5.68. The van der Waals surface area contributed by atoms with Crippen molar-refractivity contribution in [2.45, 2.75) is 39.0 Å². The molecule has 0 N–H and O–H groups in total. The molecule has 1 unspecified atom stereocenters. The maximum Gasteiger partial charge on any atom is 0.230 e. The molecule has 7 nitrogen and oxygen atoms in total. The molecular formula is C24H29N3O4. The Morgan fingerprint density at radius 1 is 1.13 bits per heavy atom. The van der Waals surface area contributed by atoms with Crippen molar-refractivity contribution >= 4 is 0 Å². The van der Waals surface area contributed by atoms with Gasteiger partial charge in [-0.1, -0.05) is 12.1 Å². The highest BCUT2D eigenvalue weighted by atomic mass is 16.5. The van der Waals surface area contributed by atoms with Crippen molar-refractivity contribution in [3.8, 4) is 23.0 Å². The van der Waals surface area contributed by atoms with Crippen LogP contribution >= 0.6 is 0 Å². The molecule has 0 bridgehead atoms. The van der Waals surface area contributed by atoms with Gasteiger partial charge in [0, 0.05) is 19.3 Å². The molecule has 0 aliphatic carbocycles. The second-order valence-corrected chi connectivity index (χ2v) is 7.69. The Kier molecular flexibility index (Phi) is 6.84. The SMILES string of the molecule is COc1cccc(-c2nc(CN3CCCC(OCc4ccccn4)C3)c(C)o2)c1OC. The zero-order valence-electron chi connectivity index (χ0n) is 18.3. The number of rotatable bonds is 8. The summed E-state index contributed by atoms with van der Waals surface area (Å²) in [6.07, 6.45) is 4.16. The summed E-state index contributed by atoms with van der Waals surface area (Å²) in [5, 5.41) is 0. The van der Waals surface area contributed by atoms with Gasteiger partial charge in [0.1, 0.15) is 5.76 Å². The fourth-order valence-electron chi connectivity index (χ4n) is 3.94. The van der Waals surface area contributed by atoms with Gasteiger partial charge < -0.3 is 18.6 Å². The van der Waals surface area contributed by atoms with Crippen molar-refractivity contribution in [1.29, 1.82) is 0 Å². The van der Waals surface area contributed by atoms with Gasteiger partial charge in [-0.25, -0.2) is 4.98 Å². The first kappa shape index (κ1) is 21.3. The molecule has 1 aliphatic rings. The lowest BCUT2D eigenvalue weighted by atomic mass is 10.1. The molecule has 1 saturated heterocycles. The van der Waals surface area contributed by atoms with Gasteiger partial charge in [0.25, 0.3) is 0 Å². The van der Waals surface area contributed by atoms with Gasteiger partial charge in [-0.15, -0.1) is 0 Å². The van der Waals surface area contributed by atoms with E-state index in [4.69, 9.17) is 23.6 Å². The second kappa shape index (κ2) is 9.94. The first-order chi connectivity index (χ1) is 15.2. The van der Waals surface area contributed by atoms with Gasteiger partial charge in [-0.2, -0.15) is 0 Å². The van der Waals surface area contributed by atoms with E-state index in [0.717, 1.165) is 55.2 Å². The monoisotopic (exact) mass is 423 g/mol. The number of aromatic nitrogens is 2. The molecule has 1 aliphatic heterocycles. The van der Waals surface area contributed by atoms with Crippen LogP contribution in [0.25, 0.3) is 11.5 Å². The number of methoxy groups -OCH3 is 2. The minimum absolute atomic E-state index is 0.195. The summed E-state index contributed by atoms with van der Waals surface area (Å²) in [6.45, 7) is 5.12. The maximum absolute atomic E-state index is 6.12. The van der Waals surface area contributed by atoms with E-state index in [1.54, 1.807) is 20.4 Å². The van der Waals surface area contributed by atoms with Crippen LogP contribution in [-0.2, 0) is 17.9 Å². The smallest absolute Gasteiger partial charge is 0.230 e. The number of aryl methyl sites for hydroxylation is 1. The number of hydrogen-bond acceptors (Lipinski definition) is 7. The van der Waals surface area contributed by atoms with Crippen LogP contribution in [0.5, 0.6) is 11.5 Å². The predicted molar refractivity (Wildman–Crippen MR) is 117 cm³/mol. The number of para-hydroxylation sites is 1. The van der Waals surface area contributed by atoms with E-state index < -0.39 is 0 Å². The van der Waals surface area contributed by atoms with Crippen LogP contribution in [0.4, 0.5) is 0 Å². The van der Waals surface area contributed by atoms with Crippen LogP contribution in [0.3, 0.4) is 0 Å². The molecule has 0 spiro atoms. The van der Waals surface area contributed by atoms with Crippen LogP contribution in [0.2, 0.25) is 0 Å². The molecule has 7 heteroatoms. The molecule has 4 rings (SSSR count). The summed E-state index contributed by atoms with van der Waals surface area (Å²) in [4.78, 5) is 11.5. The van der Waals surface area contributed by atoms with E-state index in [1.165, 1.54) is 0 Å². The zero-order valence-corrected chi connectivity index (χ0v) is 18.3. The van der Waals surface area contributed by atoms with Crippen molar-refractivity contribution in [3.05, 3.63) is 59.7 Å². The topological polar surface area (TPSA) is 69.9 Å². The largest absolute Gasteiger partial charge is 0.493 e. The van der Waals surface area contributed by atoms with Gasteiger partial charge in [-0.05, 0) is 50.6 Å². The average molecular weight is 424 g/mol. The summed E-state index contributed by atoms with van der Waals surface area (Å²) in [6, 6.07) is 11.6. The van der Waals surface area contributed by atoms with Crippen LogP contribution in [-0.4, -0.2) is 48.3 Å². The summed E-state index contributed by atoms with van der Waals surface area (Å²) < 4.78 is 23.1. The van der Waals surface area contributed by atoms with Crippen LogP contribution in [0.1, 0.15) is 30.0 Å². The van der Waals surface area contributed by atoms with Crippen LogP contribution in [0.15, 0.2) is 47.0 Å². The van der Waals surface area contributed by atoms with Crippen molar-refractivity contribution in [1.82, 2.24) is 14.9 Å². The summed E-state index contributed by atoms with van der Waals surface area (Å²) in [5.41, 5.74) is 2.68. The molecule has 0 saturated carbocycles. The van der Waals surface area contributed by atoms with E-state index >= 15 is 0 Å². The van der Waals surface area contributed by atoms with E-state index in [9.17, 15) is 0 Å². The lowest BCUT2D eigenvalue weighted by molar-refractivity contribution is -0.0136. The predicted octanol–water partition coefficient (Wildman–Crippen LogP) is 4.24. The third kappa shape index (κ3) is 5.06. The highest BCUT2D eigenvalue weighted by Crippen LogP contribution is 2.38. The number of benzene rings is 1. The minimum atomic E-state index is 0.195. The average Bonchev–Trinajstić information content (AvgIpc) is 3.17. The number of ether oxygens (including phenoxy) is 3. The first-order valence-corrected chi connectivity index (χ1v) is 10.6. The Bertz CT molecular complexity index is 990. The summed E-state index contributed by atoms with van der Waals surface area (Å²) in [7, 11) is 3.24. The third-order valence-corrected chi connectivity index (χ3v) is 5.55. The van der Waals surface area contributed by atoms with Crippen molar-refractivity contribution in [2.75, 3.05) is 27.3 Å². The van der Waals surface area contributed by atoms with Crippen molar-refractivity contribution in [3.63, 3.8) is 0 Å². The number of piperidine rings is 1. The van der Waals surface area contributed by atoms with Gasteiger partial charge in [-0.3, -0.25) is 9.88 Å².